The third kappa shape index (κ3) is 5.25. The fourth-order valence-corrected chi connectivity index (χ4v) is 2.49. The zero-order chi connectivity index (χ0) is 19.6. The average molecular weight is 369 g/mol. The number of nitrogens with zero attached hydrogens (tertiary/aromatic N) is 1. The first kappa shape index (κ1) is 18.8. The van der Waals surface area contributed by atoms with E-state index in [4.69, 9.17) is 0 Å². The number of para-hydroxylation sites is 1. The molecule has 0 aliphatic heterocycles. The Morgan fingerprint density at radius 2 is 1.39 bits per heavy atom. The van der Waals surface area contributed by atoms with Gasteiger partial charge in [-0.2, -0.15) is 5.10 Å². The van der Waals surface area contributed by atoms with Gasteiger partial charge >= 0.3 is 0 Å². The number of hydrogen-bond acceptors (Lipinski definition) is 3. The van der Waals surface area contributed by atoms with Crippen molar-refractivity contribution in [3.63, 3.8) is 0 Å². The summed E-state index contributed by atoms with van der Waals surface area (Å²) in [4.78, 5) is 24.8. The summed E-state index contributed by atoms with van der Waals surface area (Å²) >= 11 is 0. The van der Waals surface area contributed by atoms with E-state index in [1.807, 2.05) is 42.5 Å². The van der Waals surface area contributed by atoms with E-state index in [-0.39, 0.29) is 5.91 Å². The molecule has 5 heteroatoms. The zero-order valence-corrected chi connectivity index (χ0v) is 15.1. The summed E-state index contributed by atoms with van der Waals surface area (Å²) in [6, 6.07) is 25.4. The van der Waals surface area contributed by atoms with Crippen LogP contribution in [0.25, 0.3) is 6.08 Å². The number of hydrogen-bond donors (Lipinski definition) is 2. The highest BCUT2D eigenvalue weighted by Gasteiger charge is 2.13. The van der Waals surface area contributed by atoms with Gasteiger partial charge in [-0.05, 0) is 35.9 Å². The lowest BCUT2D eigenvalue weighted by atomic mass is 10.1. The Morgan fingerprint density at radius 1 is 0.750 bits per heavy atom. The number of allylic oxidation sites excluding steroid dienone is 1. The molecule has 0 aromatic heterocycles. The van der Waals surface area contributed by atoms with Crippen LogP contribution in [-0.4, -0.2) is 18.0 Å². The highest BCUT2D eigenvalue weighted by atomic mass is 16.2. The Morgan fingerprint density at radius 3 is 2.14 bits per heavy atom. The summed E-state index contributed by atoms with van der Waals surface area (Å²) in [7, 11) is 0. The smallest absolute Gasteiger partial charge is 0.273 e. The standard InChI is InChI=1S/C23H19N3O2/c27-22(19-13-5-2-6-14-19)25-21-16-8-7-15-20(21)23(28)26-24-17-9-12-18-10-3-1-4-11-18/h1-17H,(H,25,27)(H,26,28)/b12-9+,24-17-. The van der Waals surface area contributed by atoms with Gasteiger partial charge in [-0.3, -0.25) is 9.59 Å². The predicted octanol–water partition coefficient (Wildman–Crippen LogP) is 4.37. The molecule has 0 radical (unpaired) electrons. The molecule has 3 aromatic rings. The molecule has 0 atom stereocenters. The summed E-state index contributed by atoms with van der Waals surface area (Å²) in [5, 5.41) is 6.68. The lowest BCUT2D eigenvalue weighted by Gasteiger charge is -2.09. The van der Waals surface area contributed by atoms with Crippen LogP contribution in [-0.2, 0) is 0 Å². The highest BCUT2D eigenvalue weighted by molar-refractivity contribution is 6.09. The number of nitrogens with one attached hydrogen (secondary N) is 2. The van der Waals surface area contributed by atoms with E-state index in [1.165, 1.54) is 6.21 Å². The molecule has 0 saturated heterocycles. The van der Waals surface area contributed by atoms with Crippen molar-refractivity contribution >= 4 is 29.8 Å². The van der Waals surface area contributed by atoms with Crippen molar-refractivity contribution in [2.24, 2.45) is 5.10 Å². The number of benzene rings is 3. The van der Waals surface area contributed by atoms with Crippen LogP contribution in [0.1, 0.15) is 26.3 Å². The van der Waals surface area contributed by atoms with Gasteiger partial charge in [0.25, 0.3) is 11.8 Å². The third-order valence-corrected chi connectivity index (χ3v) is 3.87. The minimum atomic E-state index is -0.409. The van der Waals surface area contributed by atoms with Crippen LogP contribution < -0.4 is 10.7 Å². The summed E-state index contributed by atoms with van der Waals surface area (Å²) in [6.45, 7) is 0. The summed E-state index contributed by atoms with van der Waals surface area (Å²) in [5.74, 6) is -0.691. The average Bonchev–Trinajstić information content (AvgIpc) is 2.75. The molecular formula is C23H19N3O2. The molecule has 0 fully saturated rings. The minimum Gasteiger partial charge on any atom is -0.321 e. The largest absolute Gasteiger partial charge is 0.321 e. The minimum absolute atomic E-state index is 0.282. The first-order chi connectivity index (χ1) is 13.7. The maximum absolute atomic E-state index is 12.4. The van der Waals surface area contributed by atoms with E-state index in [2.05, 4.69) is 15.8 Å². The molecule has 0 aliphatic rings. The van der Waals surface area contributed by atoms with Crippen LogP contribution in [0.5, 0.6) is 0 Å². The van der Waals surface area contributed by atoms with Gasteiger partial charge in [-0.15, -0.1) is 0 Å². The number of carbonyl (C=O) groups excluding carboxylic acids is 2. The monoisotopic (exact) mass is 369 g/mol. The van der Waals surface area contributed by atoms with Gasteiger partial charge in [0, 0.05) is 11.8 Å². The van der Waals surface area contributed by atoms with Crippen LogP contribution >= 0.6 is 0 Å². The zero-order valence-electron chi connectivity index (χ0n) is 15.1. The number of anilines is 1. The molecule has 2 amide bonds. The van der Waals surface area contributed by atoms with E-state index in [9.17, 15) is 9.59 Å². The van der Waals surface area contributed by atoms with Gasteiger partial charge in [0.15, 0.2) is 0 Å². The summed E-state index contributed by atoms with van der Waals surface area (Å²) in [6.07, 6.45) is 5.11. The topological polar surface area (TPSA) is 70.6 Å². The van der Waals surface area contributed by atoms with Gasteiger partial charge in [-0.25, -0.2) is 5.43 Å². The second-order valence-corrected chi connectivity index (χ2v) is 5.85. The molecule has 28 heavy (non-hydrogen) atoms. The number of amides is 2. The summed E-state index contributed by atoms with van der Waals surface area (Å²) < 4.78 is 0. The first-order valence-corrected chi connectivity index (χ1v) is 8.74. The second-order valence-electron chi connectivity index (χ2n) is 5.85. The lowest BCUT2D eigenvalue weighted by Crippen LogP contribution is -2.21. The second kappa shape index (κ2) is 9.64. The molecule has 5 nitrogen and oxygen atoms in total. The van der Waals surface area contributed by atoms with E-state index in [0.29, 0.717) is 16.8 Å². The Balaban J connectivity index is 1.63. The van der Waals surface area contributed by atoms with Gasteiger partial charge < -0.3 is 5.32 Å². The van der Waals surface area contributed by atoms with Gasteiger partial charge in [0.1, 0.15) is 0 Å². The SMILES string of the molecule is O=C(Nc1ccccc1C(=O)N/N=C\C=C\c1ccccc1)c1ccccc1. The lowest BCUT2D eigenvalue weighted by molar-refractivity contribution is 0.0956. The molecule has 138 valence electrons. The van der Waals surface area contributed by atoms with Gasteiger partial charge in [0.2, 0.25) is 0 Å². The van der Waals surface area contributed by atoms with Crippen molar-refractivity contribution in [2.45, 2.75) is 0 Å². The molecule has 0 saturated carbocycles. The van der Waals surface area contributed by atoms with Crippen molar-refractivity contribution < 1.29 is 9.59 Å². The number of rotatable bonds is 6. The molecular weight excluding hydrogens is 350 g/mol. The van der Waals surface area contributed by atoms with Crippen molar-refractivity contribution in [1.82, 2.24) is 5.43 Å². The Kier molecular flexibility index (Phi) is 6.47. The van der Waals surface area contributed by atoms with E-state index in [0.717, 1.165) is 5.56 Å². The van der Waals surface area contributed by atoms with E-state index >= 15 is 0 Å². The molecule has 3 aromatic carbocycles. The molecule has 0 spiro atoms. The van der Waals surface area contributed by atoms with Crippen molar-refractivity contribution in [2.75, 3.05) is 5.32 Å². The van der Waals surface area contributed by atoms with Gasteiger partial charge in [0.05, 0.1) is 11.3 Å². The van der Waals surface area contributed by atoms with Crippen molar-refractivity contribution in [1.29, 1.82) is 0 Å². The maximum atomic E-state index is 12.4. The van der Waals surface area contributed by atoms with E-state index < -0.39 is 5.91 Å². The Bertz CT molecular complexity index is 997. The Labute approximate surface area is 163 Å². The van der Waals surface area contributed by atoms with Crippen LogP contribution in [0.2, 0.25) is 0 Å². The molecule has 0 heterocycles. The number of hydrazone groups is 1. The molecule has 3 rings (SSSR count). The summed E-state index contributed by atoms with van der Waals surface area (Å²) in [5.41, 5.74) is 4.77. The molecule has 0 aliphatic carbocycles. The molecule has 0 unspecified atom stereocenters. The fourth-order valence-electron chi connectivity index (χ4n) is 2.49. The van der Waals surface area contributed by atoms with E-state index in [1.54, 1.807) is 54.6 Å². The van der Waals surface area contributed by atoms with Crippen LogP contribution in [0.3, 0.4) is 0 Å². The van der Waals surface area contributed by atoms with Crippen LogP contribution in [0.4, 0.5) is 5.69 Å². The third-order valence-electron chi connectivity index (χ3n) is 3.87. The number of carbonyl (C=O) groups is 2. The fraction of sp³-hybridized carbons (Fsp3) is 0. The Hall–Kier alpha value is -3.99. The normalized spacial score (nSPS) is 10.9. The van der Waals surface area contributed by atoms with Crippen LogP contribution in [0, 0.1) is 0 Å². The molecule has 2 N–H and O–H groups in total. The van der Waals surface area contributed by atoms with Crippen molar-refractivity contribution in [3.8, 4) is 0 Å². The van der Waals surface area contributed by atoms with Crippen molar-refractivity contribution in [3.05, 3.63) is 108 Å². The highest BCUT2D eigenvalue weighted by Crippen LogP contribution is 2.16. The van der Waals surface area contributed by atoms with Gasteiger partial charge in [-0.1, -0.05) is 66.7 Å². The first-order valence-electron chi connectivity index (χ1n) is 8.74. The maximum Gasteiger partial charge on any atom is 0.273 e. The quantitative estimate of drug-likeness (QED) is 0.500. The molecule has 0 bridgehead atoms. The van der Waals surface area contributed by atoms with Crippen LogP contribution in [0.15, 0.2) is 96.1 Å². The predicted molar refractivity (Wildman–Crippen MR) is 112 cm³/mol.